The van der Waals surface area contributed by atoms with E-state index in [4.69, 9.17) is 9.84 Å². The molecule has 1 heterocycles. The zero-order valence-electron chi connectivity index (χ0n) is 12.9. The molecule has 0 atom stereocenters. The largest absolute Gasteiger partial charge is 0.482 e. The minimum absolute atomic E-state index is 0.356. The molecule has 24 heavy (non-hydrogen) atoms. The Morgan fingerprint density at radius 3 is 2.71 bits per heavy atom. The van der Waals surface area contributed by atoms with Crippen LogP contribution in [0.15, 0.2) is 53.6 Å². The molecule has 0 spiro atoms. The number of nitrogens with one attached hydrogen (secondary N) is 1. The predicted molar refractivity (Wildman–Crippen MR) is 95.0 cm³/mol. The number of carboxylic acids is 1. The lowest BCUT2D eigenvalue weighted by atomic mass is 10.1. The molecule has 0 saturated heterocycles. The maximum atomic E-state index is 10.5. The number of nitrogens with zero attached hydrogens (tertiary/aromatic N) is 2. The van der Waals surface area contributed by atoms with Gasteiger partial charge in [0.15, 0.2) is 6.61 Å². The van der Waals surface area contributed by atoms with Gasteiger partial charge in [0.2, 0.25) is 5.13 Å². The number of aliphatic carboxylic acids is 1. The Kier molecular flexibility index (Phi) is 4.72. The fourth-order valence-electron chi connectivity index (χ4n) is 2.05. The number of carboxylic acid groups (broad SMARTS) is 1. The number of aromatic nitrogens is 1. The number of hydrogen-bond donors (Lipinski definition) is 2. The van der Waals surface area contributed by atoms with E-state index in [9.17, 15) is 4.79 Å². The molecule has 0 bridgehead atoms. The van der Waals surface area contributed by atoms with E-state index in [0.29, 0.717) is 5.75 Å². The van der Waals surface area contributed by atoms with E-state index >= 15 is 0 Å². The number of anilines is 1. The molecule has 3 aromatic rings. The molecule has 0 unspecified atom stereocenters. The molecule has 0 aliphatic rings. The van der Waals surface area contributed by atoms with Gasteiger partial charge in [-0.1, -0.05) is 23.5 Å². The summed E-state index contributed by atoms with van der Waals surface area (Å²) in [5.74, 6) is -0.495. The van der Waals surface area contributed by atoms with Crippen molar-refractivity contribution >= 4 is 38.4 Å². The van der Waals surface area contributed by atoms with Crippen LogP contribution in [0, 0.1) is 0 Å². The summed E-state index contributed by atoms with van der Waals surface area (Å²) >= 11 is 1.54. The fourth-order valence-corrected chi connectivity index (χ4v) is 2.86. The maximum Gasteiger partial charge on any atom is 0.341 e. The van der Waals surface area contributed by atoms with Crippen molar-refractivity contribution in [3.05, 3.63) is 54.1 Å². The van der Waals surface area contributed by atoms with Crippen LogP contribution in [0.5, 0.6) is 5.75 Å². The third-order valence-electron chi connectivity index (χ3n) is 3.25. The van der Waals surface area contributed by atoms with Crippen LogP contribution in [-0.4, -0.2) is 28.4 Å². The smallest absolute Gasteiger partial charge is 0.341 e. The number of rotatable bonds is 6. The molecule has 2 aromatic carbocycles. The fraction of sp³-hybridized carbons (Fsp3) is 0.118. The molecule has 0 aliphatic heterocycles. The van der Waals surface area contributed by atoms with E-state index < -0.39 is 5.97 Å². The molecule has 2 N–H and O–H groups in total. The average Bonchev–Trinajstić information content (AvgIpc) is 3.01. The Labute approximate surface area is 142 Å². The van der Waals surface area contributed by atoms with Crippen molar-refractivity contribution < 1.29 is 14.6 Å². The van der Waals surface area contributed by atoms with Gasteiger partial charge in [-0.25, -0.2) is 9.78 Å². The molecular weight excluding hydrogens is 326 g/mol. The summed E-state index contributed by atoms with van der Waals surface area (Å²) in [4.78, 5) is 14.9. The summed E-state index contributed by atoms with van der Waals surface area (Å²) in [6.45, 7) is 1.53. The first-order valence-electron chi connectivity index (χ1n) is 7.23. The lowest BCUT2D eigenvalue weighted by Crippen LogP contribution is -2.09. The van der Waals surface area contributed by atoms with Crippen LogP contribution in [0.25, 0.3) is 10.2 Å². The summed E-state index contributed by atoms with van der Waals surface area (Å²) in [6, 6.07) is 15.0. The average molecular weight is 341 g/mol. The first-order chi connectivity index (χ1) is 11.6. The number of hydrogen-bond acceptors (Lipinski definition) is 6. The van der Waals surface area contributed by atoms with Crippen molar-refractivity contribution in [1.29, 1.82) is 0 Å². The van der Waals surface area contributed by atoms with Crippen molar-refractivity contribution in [2.24, 2.45) is 5.10 Å². The van der Waals surface area contributed by atoms with Gasteiger partial charge in [-0.05, 0) is 48.9 Å². The quantitative estimate of drug-likeness (QED) is 0.529. The lowest BCUT2D eigenvalue weighted by Gasteiger charge is -2.05. The second kappa shape index (κ2) is 7.10. The van der Waals surface area contributed by atoms with Gasteiger partial charge in [0.1, 0.15) is 5.75 Å². The number of thiazole rings is 1. The lowest BCUT2D eigenvalue weighted by molar-refractivity contribution is -0.139. The normalized spacial score (nSPS) is 11.5. The minimum Gasteiger partial charge on any atom is -0.482 e. The highest BCUT2D eigenvalue weighted by Gasteiger charge is 2.04. The number of hydrazone groups is 1. The van der Waals surface area contributed by atoms with E-state index in [1.54, 1.807) is 23.5 Å². The second-order valence-corrected chi connectivity index (χ2v) is 6.03. The van der Waals surface area contributed by atoms with Crippen molar-refractivity contribution in [2.75, 3.05) is 12.0 Å². The maximum absolute atomic E-state index is 10.5. The van der Waals surface area contributed by atoms with Gasteiger partial charge >= 0.3 is 5.97 Å². The van der Waals surface area contributed by atoms with Crippen molar-refractivity contribution in [3.63, 3.8) is 0 Å². The Morgan fingerprint density at radius 1 is 1.25 bits per heavy atom. The standard InChI is InChI=1S/C17H15N3O3S/c1-11(12-6-8-13(9-7-12)23-10-16(21)22)19-20-17-18-14-4-2-3-5-15(14)24-17/h2-9H,10H2,1H3,(H,18,20)(H,21,22)/b19-11+. The number of ether oxygens (including phenoxy) is 1. The molecule has 0 fully saturated rings. The minimum atomic E-state index is -1.00. The van der Waals surface area contributed by atoms with Crippen LogP contribution in [-0.2, 0) is 4.79 Å². The third-order valence-corrected chi connectivity index (χ3v) is 4.19. The molecule has 0 radical (unpaired) electrons. The molecule has 3 rings (SSSR count). The van der Waals surface area contributed by atoms with Crippen LogP contribution in [0.4, 0.5) is 5.13 Å². The number of benzene rings is 2. The first-order valence-corrected chi connectivity index (χ1v) is 8.04. The van der Waals surface area contributed by atoms with Gasteiger partial charge < -0.3 is 9.84 Å². The molecule has 1 aromatic heterocycles. The summed E-state index contributed by atoms with van der Waals surface area (Å²) in [5, 5.41) is 13.7. The topological polar surface area (TPSA) is 83.8 Å². The number of para-hydroxylation sites is 1. The van der Waals surface area contributed by atoms with Crippen LogP contribution in [0.2, 0.25) is 0 Å². The van der Waals surface area contributed by atoms with Crippen molar-refractivity contribution in [1.82, 2.24) is 4.98 Å². The predicted octanol–water partition coefficient (Wildman–Crippen LogP) is 3.60. The van der Waals surface area contributed by atoms with Crippen LogP contribution >= 0.6 is 11.3 Å². The van der Waals surface area contributed by atoms with Gasteiger partial charge in [0.05, 0.1) is 15.9 Å². The highest BCUT2D eigenvalue weighted by atomic mass is 32.1. The van der Waals surface area contributed by atoms with Crippen molar-refractivity contribution in [2.45, 2.75) is 6.92 Å². The van der Waals surface area contributed by atoms with Crippen molar-refractivity contribution in [3.8, 4) is 5.75 Å². The summed E-state index contributed by atoms with van der Waals surface area (Å²) in [6.07, 6.45) is 0. The Balaban J connectivity index is 1.67. The molecular formula is C17H15N3O3S. The van der Waals surface area contributed by atoms with E-state index in [1.165, 1.54) is 0 Å². The SMILES string of the molecule is C/C(=N\Nc1nc2ccccc2s1)c1ccc(OCC(=O)O)cc1. The monoisotopic (exact) mass is 341 g/mol. The molecule has 7 heteroatoms. The molecule has 0 aliphatic carbocycles. The van der Waals surface area contributed by atoms with E-state index in [-0.39, 0.29) is 6.61 Å². The summed E-state index contributed by atoms with van der Waals surface area (Å²) < 4.78 is 6.21. The molecule has 0 amide bonds. The van der Waals surface area contributed by atoms with E-state index in [0.717, 1.165) is 26.6 Å². The highest BCUT2D eigenvalue weighted by molar-refractivity contribution is 7.22. The zero-order valence-corrected chi connectivity index (χ0v) is 13.7. The number of fused-ring (bicyclic) bond motifs is 1. The van der Waals surface area contributed by atoms with Gasteiger partial charge in [-0.2, -0.15) is 5.10 Å². The molecule has 0 saturated carbocycles. The number of carbonyl (C=O) groups is 1. The Hall–Kier alpha value is -2.93. The van der Waals surface area contributed by atoms with Crippen LogP contribution in [0.3, 0.4) is 0 Å². The van der Waals surface area contributed by atoms with Gasteiger partial charge in [-0.3, -0.25) is 5.43 Å². The van der Waals surface area contributed by atoms with E-state index in [2.05, 4.69) is 15.5 Å². The van der Waals surface area contributed by atoms with Crippen LogP contribution < -0.4 is 10.2 Å². The summed E-state index contributed by atoms with van der Waals surface area (Å²) in [7, 11) is 0. The van der Waals surface area contributed by atoms with E-state index in [1.807, 2.05) is 43.3 Å². The zero-order chi connectivity index (χ0) is 16.9. The Morgan fingerprint density at radius 2 is 2.00 bits per heavy atom. The second-order valence-electron chi connectivity index (χ2n) is 5.00. The van der Waals surface area contributed by atoms with Crippen LogP contribution in [0.1, 0.15) is 12.5 Å². The van der Waals surface area contributed by atoms with Gasteiger partial charge in [0.25, 0.3) is 0 Å². The molecule has 6 nitrogen and oxygen atoms in total. The molecule has 122 valence electrons. The highest BCUT2D eigenvalue weighted by Crippen LogP contribution is 2.25. The first kappa shape index (κ1) is 15.9. The van der Waals surface area contributed by atoms with Gasteiger partial charge in [0, 0.05) is 0 Å². The van der Waals surface area contributed by atoms with Gasteiger partial charge in [-0.15, -0.1) is 0 Å². The third kappa shape index (κ3) is 3.88. The Bertz CT molecular complexity index is 854. The summed E-state index contributed by atoms with van der Waals surface area (Å²) in [5.41, 5.74) is 5.62.